The summed E-state index contributed by atoms with van der Waals surface area (Å²) in [5.74, 6) is 0.715. The number of piperidine rings is 1. The van der Waals surface area contributed by atoms with Gasteiger partial charge in [-0.1, -0.05) is 17.7 Å². The summed E-state index contributed by atoms with van der Waals surface area (Å²) in [5.41, 5.74) is 2.09. The van der Waals surface area contributed by atoms with Gasteiger partial charge in [0.1, 0.15) is 10.8 Å². The van der Waals surface area contributed by atoms with Crippen LogP contribution in [0.2, 0.25) is 5.15 Å². The van der Waals surface area contributed by atoms with Gasteiger partial charge in [0.25, 0.3) is 0 Å². The fraction of sp³-hybridized carbons (Fsp3) is 0.462. The van der Waals surface area contributed by atoms with Crippen LogP contribution >= 0.6 is 11.6 Å². The Bertz CT molecular complexity index is 514. The van der Waals surface area contributed by atoms with Crippen molar-refractivity contribution in [2.75, 3.05) is 13.1 Å². The van der Waals surface area contributed by atoms with Gasteiger partial charge in [-0.3, -0.25) is 4.40 Å². The topological polar surface area (TPSA) is 29.3 Å². The van der Waals surface area contributed by atoms with Crippen LogP contribution in [-0.4, -0.2) is 22.5 Å². The summed E-state index contributed by atoms with van der Waals surface area (Å²) >= 11 is 6.12. The van der Waals surface area contributed by atoms with E-state index >= 15 is 0 Å². The zero-order valence-corrected chi connectivity index (χ0v) is 10.5. The molecule has 1 saturated heterocycles. The quantitative estimate of drug-likeness (QED) is 0.829. The zero-order valence-electron chi connectivity index (χ0n) is 9.69. The summed E-state index contributed by atoms with van der Waals surface area (Å²) in [6, 6.07) is 5.83. The Morgan fingerprint density at radius 3 is 3.18 bits per heavy atom. The largest absolute Gasteiger partial charge is 0.316 e. The maximum atomic E-state index is 6.12. The van der Waals surface area contributed by atoms with Crippen LogP contribution in [0.15, 0.2) is 24.4 Å². The van der Waals surface area contributed by atoms with Crippen LogP contribution in [-0.2, 0) is 6.42 Å². The van der Waals surface area contributed by atoms with Gasteiger partial charge >= 0.3 is 0 Å². The molecule has 0 spiro atoms. The van der Waals surface area contributed by atoms with Crippen molar-refractivity contribution in [1.29, 1.82) is 0 Å². The first-order valence-corrected chi connectivity index (χ1v) is 6.54. The summed E-state index contributed by atoms with van der Waals surface area (Å²) < 4.78 is 1.95. The fourth-order valence-corrected chi connectivity index (χ4v) is 2.73. The molecule has 4 heteroatoms. The Kier molecular flexibility index (Phi) is 3.04. The molecular formula is C13H16ClN3. The van der Waals surface area contributed by atoms with Crippen molar-refractivity contribution in [2.24, 2.45) is 5.92 Å². The normalized spacial score (nSPS) is 20.9. The predicted molar refractivity (Wildman–Crippen MR) is 69.5 cm³/mol. The maximum absolute atomic E-state index is 6.12. The lowest BCUT2D eigenvalue weighted by Crippen LogP contribution is -2.30. The molecule has 0 radical (unpaired) electrons. The van der Waals surface area contributed by atoms with Gasteiger partial charge in [-0.15, -0.1) is 0 Å². The Morgan fingerprint density at radius 1 is 1.47 bits per heavy atom. The summed E-state index contributed by atoms with van der Waals surface area (Å²) in [7, 11) is 0. The molecule has 0 saturated carbocycles. The van der Waals surface area contributed by atoms with Crippen molar-refractivity contribution in [3.63, 3.8) is 0 Å². The smallest absolute Gasteiger partial charge is 0.138 e. The number of aromatic nitrogens is 2. The Morgan fingerprint density at radius 2 is 2.41 bits per heavy atom. The Balaban J connectivity index is 1.83. The number of hydrogen-bond donors (Lipinski definition) is 1. The molecule has 3 heterocycles. The first-order valence-electron chi connectivity index (χ1n) is 6.16. The molecule has 2 aromatic heterocycles. The molecule has 3 nitrogen and oxygen atoms in total. The van der Waals surface area contributed by atoms with Crippen LogP contribution in [0.3, 0.4) is 0 Å². The number of fused-ring (bicyclic) bond motifs is 1. The van der Waals surface area contributed by atoms with Crippen molar-refractivity contribution < 1.29 is 0 Å². The summed E-state index contributed by atoms with van der Waals surface area (Å²) in [6.45, 7) is 2.27. The molecule has 17 heavy (non-hydrogen) atoms. The molecule has 1 fully saturated rings. The Hall–Kier alpha value is -1.06. The van der Waals surface area contributed by atoms with Crippen molar-refractivity contribution in [3.8, 4) is 0 Å². The first kappa shape index (κ1) is 11.1. The minimum Gasteiger partial charge on any atom is -0.316 e. The highest BCUT2D eigenvalue weighted by atomic mass is 35.5. The third-order valence-corrected chi connectivity index (χ3v) is 3.70. The minimum absolute atomic E-state index is 0.715. The first-order chi connectivity index (χ1) is 8.33. The molecular weight excluding hydrogens is 234 g/mol. The van der Waals surface area contributed by atoms with Gasteiger partial charge in [-0.2, -0.15) is 0 Å². The molecule has 1 aliphatic rings. The van der Waals surface area contributed by atoms with E-state index in [9.17, 15) is 0 Å². The average Bonchev–Trinajstić information content (AvgIpc) is 2.74. The molecule has 1 atom stereocenters. The van der Waals surface area contributed by atoms with E-state index in [-0.39, 0.29) is 0 Å². The van der Waals surface area contributed by atoms with Gasteiger partial charge in [0, 0.05) is 6.20 Å². The molecule has 90 valence electrons. The predicted octanol–water partition coefficient (Wildman–Crippen LogP) is 2.53. The van der Waals surface area contributed by atoms with Crippen LogP contribution in [0, 0.1) is 5.92 Å². The van der Waals surface area contributed by atoms with E-state index in [0.717, 1.165) is 36.0 Å². The molecule has 0 aromatic carbocycles. The lowest BCUT2D eigenvalue weighted by molar-refractivity contribution is 0.374. The monoisotopic (exact) mass is 249 g/mol. The third-order valence-electron chi connectivity index (χ3n) is 3.39. The molecule has 0 amide bonds. The Labute approximate surface area is 106 Å². The number of pyridine rings is 1. The summed E-state index contributed by atoms with van der Waals surface area (Å²) in [6.07, 6.45) is 5.69. The summed E-state index contributed by atoms with van der Waals surface area (Å²) in [4.78, 5) is 4.62. The van der Waals surface area contributed by atoms with Crippen molar-refractivity contribution in [3.05, 3.63) is 35.2 Å². The van der Waals surface area contributed by atoms with E-state index in [2.05, 4.69) is 16.5 Å². The molecule has 3 rings (SSSR count). The number of nitrogens with zero attached hydrogens (tertiary/aromatic N) is 2. The summed E-state index contributed by atoms with van der Waals surface area (Å²) in [5, 5.41) is 4.16. The number of hydrogen-bond acceptors (Lipinski definition) is 2. The van der Waals surface area contributed by atoms with E-state index in [1.807, 2.05) is 22.6 Å². The molecule has 0 bridgehead atoms. The molecule has 0 aliphatic carbocycles. The molecule has 1 aliphatic heterocycles. The van der Waals surface area contributed by atoms with Crippen molar-refractivity contribution in [2.45, 2.75) is 19.3 Å². The fourth-order valence-electron chi connectivity index (χ4n) is 2.52. The van der Waals surface area contributed by atoms with E-state index in [4.69, 9.17) is 11.6 Å². The van der Waals surface area contributed by atoms with Gasteiger partial charge in [0.2, 0.25) is 0 Å². The lowest BCUT2D eigenvalue weighted by Gasteiger charge is -2.21. The van der Waals surface area contributed by atoms with Gasteiger partial charge in [0.15, 0.2) is 0 Å². The van der Waals surface area contributed by atoms with Gasteiger partial charge in [-0.25, -0.2) is 4.98 Å². The second-order valence-electron chi connectivity index (χ2n) is 4.73. The second-order valence-corrected chi connectivity index (χ2v) is 5.11. The second kappa shape index (κ2) is 4.67. The lowest BCUT2D eigenvalue weighted by atomic mass is 9.95. The van der Waals surface area contributed by atoms with E-state index < -0.39 is 0 Å². The number of nitrogens with one attached hydrogen (secondary N) is 1. The van der Waals surface area contributed by atoms with E-state index in [0.29, 0.717) is 5.92 Å². The average molecular weight is 250 g/mol. The number of halogens is 1. The highest BCUT2D eigenvalue weighted by molar-refractivity contribution is 6.29. The molecule has 2 aromatic rings. The van der Waals surface area contributed by atoms with Gasteiger partial charge in [-0.05, 0) is 50.4 Å². The minimum atomic E-state index is 0.715. The SMILES string of the molecule is Clc1cccc2nc(CC3CCCNC3)cn12. The number of imidazole rings is 1. The van der Waals surface area contributed by atoms with Crippen LogP contribution in [0.1, 0.15) is 18.5 Å². The van der Waals surface area contributed by atoms with Crippen molar-refractivity contribution >= 4 is 17.2 Å². The molecule has 1 unspecified atom stereocenters. The third kappa shape index (κ3) is 2.31. The van der Waals surface area contributed by atoms with Crippen LogP contribution < -0.4 is 5.32 Å². The van der Waals surface area contributed by atoms with Crippen LogP contribution in [0.4, 0.5) is 0 Å². The highest BCUT2D eigenvalue weighted by Gasteiger charge is 2.15. The van der Waals surface area contributed by atoms with Gasteiger partial charge in [0.05, 0.1) is 5.69 Å². The van der Waals surface area contributed by atoms with Gasteiger partial charge < -0.3 is 5.32 Å². The van der Waals surface area contributed by atoms with Crippen LogP contribution in [0.5, 0.6) is 0 Å². The van der Waals surface area contributed by atoms with E-state index in [1.54, 1.807) is 0 Å². The molecule has 1 N–H and O–H groups in total. The zero-order chi connectivity index (χ0) is 11.7. The number of rotatable bonds is 2. The van der Waals surface area contributed by atoms with Crippen LogP contribution in [0.25, 0.3) is 5.65 Å². The highest BCUT2D eigenvalue weighted by Crippen LogP contribution is 2.18. The standard InChI is InChI=1S/C13H16ClN3/c14-12-4-1-5-13-16-11(9-17(12)13)7-10-3-2-6-15-8-10/h1,4-5,9-10,15H,2-3,6-8H2. The van der Waals surface area contributed by atoms with E-state index in [1.165, 1.54) is 12.8 Å². The van der Waals surface area contributed by atoms with Crippen molar-refractivity contribution in [1.82, 2.24) is 14.7 Å². The maximum Gasteiger partial charge on any atom is 0.138 e.